The van der Waals surface area contributed by atoms with Crippen molar-refractivity contribution in [2.45, 2.75) is 39.7 Å². The van der Waals surface area contributed by atoms with Crippen molar-refractivity contribution in [3.05, 3.63) is 24.3 Å². The van der Waals surface area contributed by atoms with E-state index in [1.165, 1.54) is 0 Å². The maximum absolute atomic E-state index is 12.6. The van der Waals surface area contributed by atoms with Crippen LogP contribution in [-0.4, -0.2) is 55.0 Å². The first kappa shape index (κ1) is 20.2. The molecule has 2 atom stereocenters. The highest BCUT2D eigenvalue weighted by Gasteiger charge is 2.29. The lowest BCUT2D eigenvalue weighted by atomic mass is 9.93. The molecule has 2 rings (SSSR count). The third-order valence-electron chi connectivity index (χ3n) is 4.89. The lowest BCUT2D eigenvalue weighted by Gasteiger charge is -2.39. The molecular formula is C20H32N4O2. The Bertz CT molecular complexity index is 615. The van der Waals surface area contributed by atoms with Crippen molar-refractivity contribution in [3.63, 3.8) is 0 Å². The van der Waals surface area contributed by atoms with Crippen LogP contribution in [0.25, 0.3) is 0 Å². The minimum absolute atomic E-state index is 0.00720. The van der Waals surface area contributed by atoms with E-state index in [0.717, 1.165) is 30.9 Å². The number of nitrogens with zero attached hydrogens (tertiary/aromatic N) is 2. The SMILES string of the molecule is CC(C)CC(=O)Nc1ccc(NC(=O)N(C)[C@@H]2CCN(C)C[C@H]2C)cc1. The van der Waals surface area contributed by atoms with E-state index >= 15 is 0 Å². The van der Waals surface area contributed by atoms with Gasteiger partial charge in [0.1, 0.15) is 0 Å². The summed E-state index contributed by atoms with van der Waals surface area (Å²) in [6, 6.07) is 7.41. The number of hydrogen-bond donors (Lipinski definition) is 2. The highest BCUT2D eigenvalue weighted by molar-refractivity contribution is 5.92. The normalized spacial score (nSPS) is 20.7. The molecule has 1 aliphatic rings. The van der Waals surface area contributed by atoms with Gasteiger partial charge in [-0.1, -0.05) is 20.8 Å². The lowest BCUT2D eigenvalue weighted by Crippen LogP contribution is -2.50. The van der Waals surface area contributed by atoms with E-state index in [2.05, 4.69) is 29.5 Å². The monoisotopic (exact) mass is 360 g/mol. The fourth-order valence-corrected chi connectivity index (χ4v) is 3.50. The number of benzene rings is 1. The van der Waals surface area contributed by atoms with Gasteiger partial charge in [-0.3, -0.25) is 4.79 Å². The van der Waals surface area contributed by atoms with Gasteiger partial charge in [0, 0.05) is 37.4 Å². The van der Waals surface area contributed by atoms with Crippen LogP contribution >= 0.6 is 0 Å². The second-order valence-corrected chi connectivity index (χ2v) is 7.86. The molecule has 26 heavy (non-hydrogen) atoms. The van der Waals surface area contributed by atoms with E-state index in [0.29, 0.717) is 18.3 Å². The maximum Gasteiger partial charge on any atom is 0.321 e. The minimum Gasteiger partial charge on any atom is -0.326 e. The van der Waals surface area contributed by atoms with Gasteiger partial charge >= 0.3 is 6.03 Å². The van der Waals surface area contributed by atoms with Crippen molar-refractivity contribution in [1.29, 1.82) is 0 Å². The van der Waals surface area contributed by atoms with Gasteiger partial charge in [0.15, 0.2) is 0 Å². The zero-order chi connectivity index (χ0) is 19.3. The molecule has 3 amide bonds. The van der Waals surface area contributed by atoms with Gasteiger partial charge in [-0.2, -0.15) is 0 Å². The Labute approximate surface area is 156 Å². The first-order valence-electron chi connectivity index (χ1n) is 9.38. The summed E-state index contributed by atoms with van der Waals surface area (Å²) < 4.78 is 0. The Kier molecular flexibility index (Phi) is 7.03. The third-order valence-corrected chi connectivity index (χ3v) is 4.89. The van der Waals surface area contributed by atoms with Gasteiger partial charge in [-0.05, 0) is 56.1 Å². The zero-order valence-corrected chi connectivity index (χ0v) is 16.6. The van der Waals surface area contributed by atoms with Crippen LogP contribution in [0, 0.1) is 11.8 Å². The van der Waals surface area contributed by atoms with Gasteiger partial charge in [-0.15, -0.1) is 0 Å². The molecule has 0 saturated carbocycles. The smallest absolute Gasteiger partial charge is 0.321 e. The number of carbonyl (C=O) groups is 2. The molecule has 2 N–H and O–H groups in total. The van der Waals surface area contributed by atoms with Crippen LogP contribution in [0.3, 0.4) is 0 Å². The quantitative estimate of drug-likeness (QED) is 0.845. The van der Waals surface area contributed by atoms with E-state index in [-0.39, 0.29) is 18.0 Å². The molecule has 0 radical (unpaired) electrons. The number of anilines is 2. The van der Waals surface area contributed by atoms with Crippen molar-refractivity contribution in [2.75, 3.05) is 37.8 Å². The summed E-state index contributed by atoms with van der Waals surface area (Å²) in [6.07, 6.45) is 1.49. The second-order valence-electron chi connectivity index (χ2n) is 7.86. The summed E-state index contributed by atoms with van der Waals surface area (Å²) >= 11 is 0. The molecule has 1 fully saturated rings. The molecule has 1 aromatic rings. The van der Waals surface area contributed by atoms with Crippen LogP contribution in [-0.2, 0) is 4.79 Å². The van der Waals surface area contributed by atoms with Crippen LogP contribution in [0.4, 0.5) is 16.2 Å². The van der Waals surface area contributed by atoms with Gasteiger partial charge in [0.05, 0.1) is 0 Å². The fraction of sp³-hybridized carbons (Fsp3) is 0.600. The van der Waals surface area contributed by atoms with Crippen LogP contribution in [0.1, 0.15) is 33.6 Å². The fourth-order valence-electron chi connectivity index (χ4n) is 3.50. The summed E-state index contributed by atoms with van der Waals surface area (Å²) in [5, 5.41) is 5.82. The Morgan fingerprint density at radius 3 is 2.31 bits per heavy atom. The molecule has 1 aliphatic heterocycles. The van der Waals surface area contributed by atoms with Gasteiger partial charge < -0.3 is 20.4 Å². The molecular weight excluding hydrogens is 328 g/mol. The molecule has 144 valence electrons. The maximum atomic E-state index is 12.6. The van der Waals surface area contributed by atoms with Crippen molar-refractivity contribution >= 4 is 23.3 Å². The summed E-state index contributed by atoms with van der Waals surface area (Å²) in [5.74, 6) is 0.780. The number of rotatable bonds is 5. The van der Waals surface area contributed by atoms with Crippen LogP contribution in [0.5, 0.6) is 0 Å². The van der Waals surface area contributed by atoms with Gasteiger partial charge in [0.2, 0.25) is 5.91 Å². The minimum atomic E-state index is -0.0944. The molecule has 6 heteroatoms. The standard InChI is InChI=1S/C20H32N4O2/c1-14(2)12-19(25)21-16-6-8-17(9-7-16)22-20(26)24(5)18-10-11-23(4)13-15(18)3/h6-9,14-15,18H,10-13H2,1-5H3,(H,21,25)(H,22,26)/t15-,18-/m1/s1. The van der Waals surface area contributed by atoms with E-state index in [1.807, 2.05) is 50.1 Å². The number of urea groups is 1. The first-order valence-corrected chi connectivity index (χ1v) is 9.38. The molecule has 0 spiro atoms. The number of amides is 3. The summed E-state index contributed by atoms with van der Waals surface area (Å²) in [7, 11) is 3.98. The second kappa shape index (κ2) is 9.03. The predicted octanol–water partition coefficient (Wildman–Crippen LogP) is 3.48. The van der Waals surface area contributed by atoms with Crippen LogP contribution in [0.15, 0.2) is 24.3 Å². The predicted molar refractivity (Wildman–Crippen MR) is 106 cm³/mol. The van der Waals surface area contributed by atoms with E-state index in [1.54, 1.807) is 0 Å². The number of likely N-dealkylation sites (tertiary alicyclic amines) is 1. The molecule has 1 aromatic carbocycles. The molecule has 6 nitrogen and oxygen atoms in total. The third kappa shape index (κ3) is 5.73. The summed E-state index contributed by atoms with van der Waals surface area (Å²) in [4.78, 5) is 28.5. The largest absolute Gasteiger partial charge is 0.326 e. The topological polar surface area (TPSA) is 64.7 Å². The molecule has 0 unspecified atom stereocenters. The van der Waals surface area contributed by atoms with Crippen LogP contribution < -0.4 is 10.6 Å². The average molecular weight is 361 g/mol. The molecule has 1 saturated heterocycles. The Morgan fingerprint density at radius 1 is 1.19 bits per heavy atom. The van der Waals surface area contributed by atoms with Crippen molar-refractivity contribution in [2.24, 2.45) is 11.8 Å². The molecule has 0 aliphatic carbocycles. The highest BCUT2D eigenvalue weighted by atomic mass is 16.2. The van der Waals surface area contributed by atoms with E-state index in [9.17, 15) is 9.59 Å². The number of hydrogen-bond acceptors (Lipinski definition) is 3. The van der Waals surface area contributed by atoms with Crippen LogP contribution in [0.2, 0.25) is 0 Å². The summed E-state index contributed by atoms with van der Waals surface area (Å²) in [6.45, 7) is 8.24. The van der Waals surface area contributed by atoms with Crippen molar-refractivity contribution in [3.8, 4) is 0 Å². The van der Waals surface area contributed by atoms with Crippen molar-refractivity contribution in [1.82, 2.24) is 9.80 Å². The molecule has 1 heterocycles. The first-order chi connectivity index (χ1) is 12.3. The average Bonchev–Trinajstić information content (AvgIpc) is 2.55. The Balaban J connectivity index is 1.89. The van der Waals surface area contributed by atoms with E-state index in [4.69, 9.17) is 0 Å². The Hall–Kier alpha value is -2.08. The number of piperidine rings is 1. The highest BCUT2D eigenvalue weighted by Crippen LogP contribution is 2.21. The molecule has 0 bridgehead atoms. The zero-order valence-electron chi connectivity index (χ0n) is 16.6. The molecule has 0 aromatic heterocycles. The van der Waals surface area contributed by atoms with Gasteiger partial charge in [0.25, 0.3) is 0 Å². The van der Waals surface area contributed by atoms with Crippen molar-refractivity contribution < 1.29 is 9.59 Å². The summed E-state index contributed by atoms with van der Waals surface area (Å²) in [5.41, 5.74) is 1.47. The number of nitrogens with one attached hydrogen (secondary N) is 2. The van der Waals surface area contributed by atoms with E-state index < -0.39 is 0 Å². The number of carbonyl (C=O) groups excluding carboxylic acids is 2. The lowest BCUT2D eigenvalue weighted by molar-refractivity contribution is -0.116. The Morgan fingerprint density at radius 2 is 1.77 bits per heavy atom. The van der Waals surface area contributed by atoms with Gasteiger partial charge in [-0.25, -0.2) is 4.79 Å².